The molecule has 57 heavy (non-hydrogen) atoms. The Morgan fingerprint density at radius 1 is 0.421 bits per heavy atom. The van der Waals surface area contributed by atoms with Crippen LogP contribution in [-0.2, 0) is 5.41 Å². The van der Waals surface area contributed by atoms with Gasteiger partial charge in [0.2, 0.25) is 0 Å². The van der Waals surface area contributed by atoms with E-state index in [1.807, 2.05) is 24.3 Å². The lowest BCUT2D eigenvalue weighted by Crippen LogP contribution is -2.15. The van der Waals surface area contributed by atoms with E-state index in [4.69, 9.17) is 0 Å². The van der Waals surface area contributed by atoms with Gasteiger partial charge in [0.25, 0.3) is 0 Å². The second-order valence-corrected chi connectivity index (χ2v) is 15.5. The Morgan fingerprint density at radius 3 is 1.65 bits per heavy atom. The van der Waals surface area contributed by atoms with Crippen molar-refractivity contribution in [2.24, 2.45) is 0 Å². The van der Waals surface area contributed by atoms with Crippen LogP contribution in [0.2, 0.25) is 0 Å². The lowest BCUT2D eigenvalue weighted by atomic mass is 9.82. The molecule has 0 fully saturated rings. The van der Waals surface area contributed by atoms with Crippen molar-refractivity contribution in [2.75, 3.05) is 0 Å². The third-order valence-corrected chi connectivity index (χ3v) is 12.2. The van der Waals surface area contributed by atoms with Gasteiger partial charge in [-0.1, -0.05) is 129 Å². The molecular formula is C53H34N4. The Balaban J connectivity index is 1.22. The van der Waals surface area contributed by atoms with Crippen LogP contribution in [0.25, 0.3) is 88.4 Å². The molecule has 11 rings (SSSR count). The van der Waals surface area contributed by atoms with Crippen molar-refractivity contribution >= 4 is 43.6 Å². The van der Waals surface area contributed by atoms with Gasteiger partial charge in [0.05, 0.1) is 39.0 Å². The maximum Gasteiger partial charge on any atom is 0.104 e. The number of aromatic nitrogens is 2. The number of nitriles is 2. The van der Waals surface area contributed by atoms with E-state index in [0.717, 1.165) is 71.6 Å². The summed E-state index contributed by atoms with van der Waals surface area (Å²) in [4.78, 5) is 0. The van der Waals surface area contributed by atoms with E-state index >= 15 is 0 Å². The molecule has 0 atom stereocenters. The highest BCUT2D eigenvalue weighted by atomic mass is 15.0. The zero-order valence-corrected chi connectivity index (χ0v) is 31.5. The quantitative estimate of drug-likeness (QED) is 0.181. The molecular weight excluding hydrogens is 693 g/mol. The lowest BCUT2D eigenvalue weighted by Gasteiger charge is -2.22. The standard InChI is InChI=1S/C53H34N4/c1-53(2)45-19-11-9-17-38(45)40-29-43-39-18-10-12-20-47(39)56(51(43)30-46(40)53)50-26-23-37(31-54)52(44(50)32-55)57-48-24-21-35(33-13-5-3-6-14-33)27-41(48)42-28-36(22-25-49(42)57)34-15-7-4-8-16-34/h3-30H,1-2H3. The molecule has 1 aliphatic rings. The van der Waals surface area contributed by atoms with Crippen molar-refractivity contribution < 1.29 is 0 Å². The minimum Gasteiger partial charge on any atom is -0.308 e. The van der Waals surface area contributed by atoms with Crippen LogP contribution in [0.5, 0.6) is 0 Å². The number of hydrogen-bond acceptors (Lipinski definition) is 2. The Bertz CT molecular complexity index is 3290. The molecule has 1 aliphatic carbocycles. The molecule has 4 nitrogen and oxygen atoms in total. The Kier molecular flexibility index (Phi) is 6.99. The molecule has 0 saturated carbocycles. The van der Waals surface area contributed by atoms with Crippen LogP contribution in [-0.4, -0.2) is 9.13 Å². The van der Waals surface area contributed by atoms with Crippen LogP contribution in [0.4, 0.5) is 0 Å². The summed E-state index contributed by atoms with van der Waals surface area (Å²) in [5, 5.41) is 26.5. The summed E-state index contributed by atoms with van der Waals surface area (Å²) in [5.74, 6) is 0. The lowest BCUT2D eigenvalue weighted by molar-refractivity contribution is 0.661. The summed E-state index contributed by atoms with van der Waals surface area (Å²) in [7, 11) is 0. The largest absolute Gasteiger partial charge is 0.308 e. The van der Waals surface area contributed by atoms with E-state index < -0.39 is 0 Å². The Labute approximate surface area is 330 Å². The summed E-state index contributed by atoms with van der Waals surface area (Å²) in [6, 6.07) is 64.6. The normalized spacial score (nSPS) is 12.8. The van der Waals surface area contributed by atoms with Crippen LogP contribution in [0, 0.1) is 22.7 Å². The van der Waals surface area contributed by atoms with Gasteiger partial charge in [-0.2, -0.15) is 10.5 Å². The van der Waals surface area contributed by atoms with Gasteiger partial charge in [0, 0.05) is 27.0 Å². The second kappa shape index (κ2) is 12.2. The van der Waals surface area contributed by atoms with Crippen molar-refractivity contribution in [1.29, 1.82) is 10.5 Å². The molecule has 0 bridgehead atoms. The van der Waals surface area contributed by atoms with Crippen molar-refractivity contribution in [3.8, 4) is 56.9 Å². The van der Waals surface area contributed by atoms with Crippen LogP contribution in [0.15, 0.2) is 170 Å². The number of para-hydroxylation sites is 1. The molecule has 2 aromatic heterocycles. The molecule has 0 aliphatic heterocycles. The van der Waals surface area contributed by atoms with Gasteiger partial charge in [-0.3, -0.25) is 0 Å². The first-order valence-electron chi connectivity index (χ1n) is 19.3. The second-order valence-electron chi connectivity index (χ2n) is 15.5. The fourth-order valence-corrected chi connectivity index (χ4v) is 9.51. The predicted octanol–water partition coefficient (Wildman–Crippen LogP) is 13.3. The zero-order chi connectivity index (χ0) is 38.4. The van der Waals surface area contributed by atoms with E-state index in [1.54, 1.807) is 0 Å². The third kappa shape index (κ3) is 4.65. The van der Waals surface area contributed by atoms with E-state index in [-0.39, 0.29) is 5.41 Å². The summed E-state index contributed by atoms with van der Waals surface area (Å²) in [5.41, 5.74) is 15.5. The predicted molar refractivity (Wildman–Crippen MR) is 233 cm³/mol. The zero-order valence-electron chi connectivity index (χ0n) is 31.5. The summed E-state index contributed by atoms with van der Waals surface area (Å²) < 4.78 is 4.38. The fourth-order valence-electron chi connectivity index (χ4n) is 9.51. The Morgan fingerprint density at radius 2 is 1.00 bits per heavy atom. The van der Waals surface area contributed by atoms with Gasteiger partial charge in [0.15, 0.2) is 0 Å². The highest BCUT2D eigenvalue weighted by molar-refractivity contribution is 6.13. The first-order chi connectivity index (χ1) is 28.0. The van der Waals surface area contributed by atoms with Crippen LogP contribution >= 0.6 is 0 Å². The van der Waals surface area contributed by atoms with Crippen molar-refractivity contribution in [3.63, 3.8) is 0 Å². The highest BCUT2D eigenvalue weighted by Crippen LogP contribution is 2.51. The topological polar surface area (TPSA) is 57.4 Å². The summed E-state index contributed by atoms with van der Waals surface area (Å²) in [6.07, 6.45) is 0. The molecule has 0 amide bonds. The minimum atomic E-state index is -0.199. The summed E-state index contributed by atoms with van der Waals surface area (Å²) >= 11 is 0. The average molecular weight is 727 g/mol. The number of rotatable bonds is 4. The molecule has 0 saturated heterocycles. The first kappa shape index (κ1) is 32.7. The van der Waals surface area contributed by atoms with Crippen LogP contribution < -0.4 is 0 Å². The van der Waals surface area contributed by atoms with Gasteiger partial charge >= 0.3 is 0 Å². The monoisotopic (exact) mass is 726 g/mol. The van der Waals surface area contributed by atoms with E-state index in [1.165, 1.54) is 22.3 Å². The number of fused-ring (bicyclic) bond motifs is 9. The van der Waals surface area contributed by atoms with Crippen molar-refractivity contribution in [3.05, 3.63) is 192 Å². The fraction of sp³-hybridized carbons (Fsp3) is 0.0566. The molecule has 0 N–H and O–H groups in total. The molecule has 10 aromatic rings. The molecule has 266 valence electrons. The first-order valence-corrected chi connectivity index (χ1v) is 19.3. The van der Waals surface area contributed by atoms with Gasteiger partial charge in [-0.05, 0) is 99.1 Å². The van der Waals surface area contributed by atoms with Crippen LogP contribution in [0.3, 0.4) is 0 Å². The maximum absolute atomic E-state index is 11.4. The number of hydrogen-bond donors (Lipinski definition) is 0. The van der Waals surface area contributed by atoms with Gasteiger partial charge in [-0.25, -0.2) is 0 Å². The highest BCUT2D eigenvalue weighted by Gasteiger charge is 2.36. The van der Waals surface area contributed by atoms with E-state index in [9.17, 15) is 10.5 Å². The van der Waals surface area contributed by atoms with Gasteiger partial charge < -0.3 is 9.13 Å². The maximum atomic E-state index is 11.4. The number of nitrogens with zero attached hydrogens (tertiary/aromatic N) is 4. The molecule has 8 aromatic carbocycles. The molecule has 0 unspecified atom stereocenters. The molecule has 2 heterocycles. The number of benzene rings is 8. The van der Waals surface area contributed by atoms with Gasteiger partial charge in [0.1, 0.15) is 17.7 Å². The van der Waals surface area contributed by atoms with Crippen LogP contribution in [0.1, 0.15) is 36.1 Å². The van der Waals surface area contributed by atoms with Crippen molar-refractivity contribution in [1.82, 2.24) is 9.13 Å². The third-order valence-electron chi connectivity index (χ3n) is 12.2. The van der Waals surface area contributed by atoms with Crippen molar-refractivity contribution in [2.45, 2.75) is 19.3 Å². The smallest absolute Gasteiger partial charge is 0.104 e. The molecule has 4 heteroatoms. The molecule has 0 radical (unpaired) electrons. The van der Waals surface area contributed by atoms with E-state index in [2.05, 4.69) is 181 Å². The average Bonchev–Trinajstić information content (AvgIpc) is 3.84. The minimum absolute atomic E-state index is 0.199. The Hall–Kier alpha value is -7.66. The summed E-state index contributed by atoms with van der Waals surface area (Å²) in [6.45, 7) is 4.59. The van der Waals surface area contributed by atoms with E-state index in [0.29, 0.717) is 16.8 Å². The molecule has 0 spiro atoms. The van der Waals surface area contributed by atoms with Gasteiger partial charge in [-0.15, -0.1) is 0 Å². The SMILES string of the molecule is CC1(C)c2ccccc2-c2cc3c4ccccc4n(-c4ccc(C#N)c(-n5c6ccc(-c7ccccc7)cc6c6cc(-c7ccccc7)ccc65)c4C#N)c3cc21.